The van der Waals surface area contributed by atoms with E-state index in [1.54, 1.807) is 18.3 Å². The summed E-state index contributed by atoms with van der Waals surface area (Å²) >= 11 is 0. The summed E-state index contributed by atoms with van der Waals surface area (Å²) in [4.78, 5) is 20.4. The fourth-order valence-corrected chi connectivity index (χ4v) is 1.70. The standard InChI is InChI=1S/C15H18N4O/c1-3-9-16-12-7-8-13(17-10-12)15(20)19-14-6-4-5-11(2)18-14/h4-8,10,16H,3,9H2,1-2H3,(H,18,19,20). The number of carbonyl (C=O) groups excluding carboxylic acids is 1. The van der Waals surface area contributed by atoms with Gasteiger partial charge in [0.25, 0.3) is 5.91 Å². The first-order valence-corrected chi connectivity index (χ1v) is 6.64. The summed E-state index contributed by atoms with van der Waals surface area (Å²) in [5, 5.41) is 5.94. The van der Waals surface area contributed by atoms with Crippen molar-refractivity contribution in [3.05, 3.63) is 47.9 Å². The number of aryl methyl sites for hydroxylation is 1. The van der Waals surface area contributed by atoms with Crippen LogP contribution in [0.2, 0.25) is 0 Å². The Kier molecular flexibility index (Phi) is 4.65. The number of carbonyl (C=O) groups is 1. The Labute approximate surface area is 118 Å². The van der Waals surface area contributed by atoms with Crippen molar-refractivity contribution in [1.29, 1.82) is 0 Å². The van der Waals surface area contributed by atoms with Gasteiger partial charge in [-0.2, -0.15) is 0 Å². The molecule has 2 aromatic heterocycles. The van der Waals surface area contributed by atoms with E-state index in [0.29, 0.717) is 11.5 Å². The van der Waals surface area contributed by atoms with Gasteiger partial charge >= 0.3 is 0 Å². The Hall–Kier alpha value is -2.43. The summed E-state index contributed by atoms with van der Waals surface area (Å²) in [6.07, 6.45) is 2.70. The molecule has 2 heterocycles. The summed E-state index contributed by atoms with van der Waals surface area (Å²) < 4.78 is 0. The van der Waals surface area contributed by atoms with Crippen molar-refractivity contribution in [3.8, 4) is 0 Å². The lowest BCUT2D eigenvalue weighted by atomic mass is 10.3. The average Bonchev–Trinajstić information content (AvgIpc) is 2.45. The van der Waals surface area contributed by atoms with Gasteiger partial charge in [0, 0.05) is 12.2 Å². The highest BCUT2D eigenvalue weighted by Crippen LogP contribution is 2.09. The van der Waals surface area contributed by atoms with Gasteiger partial charge in [-0.05, 0) is 37.6 Å². The van der Waals surface area contributed by atoms with Crippen LogP contribution in [0.25, 0.3) is 0 Å². The van der Waals surface area contributed by atoms with Crippen LogP contribution in [-0.2, 0) is 0 Å². The molecule has 1 amide bonds. The van der Waals surface area contributed by atoms with E-state index < -0.39 is 0 Å². The molecule has 104 valence electrons. The molecule has 0 atom stereocenters. The highest BCUT2D eigenvalue weighted by Gasteiger charge is 2.08. The van der Waals surface area contributed by atoms with Gasteiger partial charge in [-0.3, -0.25) is 4.79 Å². The molecule has 0 saturated heterocycles. The molecular weight excluding hydrogens is 252 g/mol. The Balaban J connectivity index is 2.02. The third kappa shape index (κ3) is 3.78. The third-order valence-corrected chi connectivity index (χ3v) is 2.71. The van der Waals surface area contributed by atoms with E-state index in [0.717, 1.165) is 24.3 Å². The molecule has 2 N–H and O–H groups in total. The molecule has 0 fully saturated rings. The zero-order valence-electron chi connectivity index (χ0n) is 11.7. The summed E-state index contributed by atoms with van der Waals surface area (Å²) in [6.45, 7) is 4.86. The van der Waals surface area contributed by atoms with Crippen LogP contribution >= 0.6 is 0 Å². The maximum absolute atomic E-state index is 12.0. The number of nitrogens with zero attached hydrogens (tertiary/aromatic N) is 2. The van der Waals surface area contributed by atoms with Crippen LogP contribution in [0.4, 0.5) is 11.5 Å². The zero-order chi connectivity index (χ0) is 14.4. The molecule has 0 aliphatic carbocycles. The average molecular weight is 270 g/mol. The molecule has 0 aliphatic rings. The van der Waals surface area contributed by atoms with E-state index >= 15 is 0 Å². The first kappa shape index (κ1) is 14.0. The number of pyridine rings is 2. The van der Waals surface area contributed by atoms with Crippen molar-refractivity contribution in [2.75, 3.05) is 17.2 Å². The number of hydrogen-bond acceptors (Lipinski definition) is 4. The monoisotopic (exact) mass is 270 g/mol. The smallest absolute Gasteiger partial charge is 0.275 e. The molecule has 0 unspecified atom stereocenters. The summed E-state index contributed by atoms with van der Waals surface area (Å²) in [7, 11) is 0. The van der Waals surface area contributed by atoms with E-state index in [1.165, 1.54) is 0 Å². The Morgan fingerprint density at radius 3 is 2.75 bits per heavy atom. The van der Waals surface area contributed by atoms with Crippen LogP contribution in [0, 0.1) is 6.92 Å². The number of anilines is 2. The second-order valence-electron chi connectivity index (χ2n) is 4.48. The van der Waals surface area contributed by atoms with Crippen LogP contribution in [-0.4, -0.2) is 22.4 Å². The Bertz CT molecular complexity index is 581. The number of rotatable bonds is 5. The first-order chi connectivity index (χ1) is 9.69. The molecule has 5 nitrogen and oxygen atoms in total. The van der Waals surface area contributed by atoms with Crippen LogP contribution in [0.1, 0.15) is 29.5 Å². The summed E-state index contributed by atoms with van der Waals surface area (Å²) in [5.74, 6) is 0.273. The minimum atomic E-state index is -0.259. The molecule has 2 rings (SSSR count). The van der Waals surface area contributed by atoms with Gasteiger partial charge in [0.1, 0.15) is 11.5 Å². The van der Waals surface area contributed by atoms with Crippen molar-refractivity contribution >= 4 is 17.4 Å². The van der Waals surface area contributed by atoms with Crippen molar-refractivity contribution in [1.82, 2.24) is 9.97 Å². The minimum Gasteiger partial charge on any atom is -0.384 e. The third-order valence-electron chi connectivity index (χ3n) is 2.71. The van der Waals surface area contributed by atoms with E-state index in [1.807, 2.05) is 25.1 Å². The SMILES string of the molecule is CCCNc1ccc(C(=O)Nc2cccc(C)n2)nc1. The van der Waals surface area contributed by atoms with Crippen molar-refractivity contribution in [3.63, 3.8) is 0 Å². The number of nitrogens with one attached hydrogen (secondary N) is 2. The first-order valence-electron chi connectivity index (χ1n) is 6.64. The number of aromatic nitrogens is 2. The van der Waals surface area contributed by atoms with E-state index in [-0.39, 0.29) is 5.91 Å². The van der Waals surface area contributed by atoms with E-state index in [9.17, 15) is 4.79 Å². The summed E-state index contributed by atoms with van der Waals surface area (Å²) in [6, 6.07) is 9.03. The van der Waals surface area contributed by atoms with Crippen molar-refractivity contribution < 1.29 is 4.79 Å². The van der Waals surface area contributed by atoms with Gasteiger partial charge in [0.2, 0.25) is 0 Å². The maximum atomic E-state index is 12.0. The lowest BCUT2D eigenvalue weighted by molar-refractivity contribution is 0.102. The van der Waals surface area contributed by atoms with Crippen LogP contribution < -0.4 is 10.6 Å². The quantitative estimate of drug-likeness (QED) is 0.876. The van der Waals surface area contributed by atoms with Crippen molar-refractivity contribution in [2.45, 2.75) is 20.3 Å². The van der Waals surface area contributed by atoms with Crippen LogP contribution in [0.3, 0.4) is 0 Å². The highest BCUT2D eigenvalue weighted by atomic mass is 16.1. The van der Waals surface area contributed by atoms with Gasteiger partial charge < -0.3 is 10.6 Å². The van der Waals surface area contributed by atoms with E-state index in [4.69, 9.17) is 0 Å². The lowest BCUT2D eigenvalue weighted by Gasteiger charge is -2.06. The van der Waals surface area contributed by atoms with Gasteiger partial charge in [-0.15, -0.1) is 0 Å². The normalized spacial score (nSPS) is 10.1. The predicted octanol–water partition coefficient (Wildman–Crippen LogP) is 2.86. The molecule has 20 heavy (non-hydrogen) atoms. The molecule has 0 spiro atoms. The van der Waals surface area contributed by atoms with Gasteiger partial charge in [-0.25, -0.2) is 9.97 Å². The highest BCUT2D eigenvalue weighted by molar-refractivity contribution is 6.02. The van der Waals surface area contributed by atoms with Gasteiger partial charge in [-0.1, -0.05) is 13.0 Å². The molecular formula is C15H18N4O. The Morgan fingerprint density at radius 2 is 2.10 bits per heavy atom. The number of amides is 1. The summed E-state index contributed by atoms with van der Waals surface area (Å²) in [5.41, 5.74) is 2.14. The molecule has 0 aromatic carbocycles. The van der Waals surface area contributed by atoms with Gasteiger partial charge in [0.05, 0.1) is 11.9 Å². The molecule has 0 radical (unpaired) electrons. The van der Waals surface area contributed by atoms with Crippen LogP contribution in [0.5, 0.6) is 0 Å². The Morgan fingerprint density at radius 1 is 1.25 bits per heavy atom. The maximum Gasteiger partial charge on any atom is 0.275 e. The lowest BCUT2D eigenvalue weighted by Crippen LogP contribution is -2.14. The molecule has 0 saturated carbocycles. The van der Waals surface area contributed by atoms with Crippen LogP contribution in [0.15, 0.2) is 36.5 Å². The van der Waals surface area contributed by atoms with Crippen molar-refractivity contribution in [2.24, 2.45) is 0 Å². The molecule has 2 aromatic rings. The fourth-order valence-electron chi connectivity index (χ4n) is 1.70. The molecule has 0 bridgehead atoms. The predicted molar refractivity (Wildman–Crippen MR) is 79.9 cm³/mol. The second kappa shape index (κ2) is 6.65. The zero-order valence-corrected chi connectivity index (χ0v) is 11.7. The number of hydrogen-bond donors (Lipinski definition) is 2. The fraction of sp³-hybridized carbons (Fsp3) is 0.267. The second-order valence-corrected chi connectivity index (χ2v) is 4.48. The largest absolute Gasteiger partial charge is 0.384 e. The van der Waals surface area contributed by atoms with Gasteiger partial charge in [0.15, 0.2) is 0 Å². The topological polar surface area (TPSA) is 66.9 Å². The van der Waals surface area contributed by atoms with E-state index in [2.05, 4.69) is 27.5 Å². The molecule has 0 aliphatic heterocycles. The minimum absolute atomic E-state index is 0.259. The molecule has 5 heteroatoms.